The molecule has 10 heavy (non-hydrogen) atoms. The van der Waals surface area contributed by atoms with Crippen LogP contribution in [-0.4, -0.2) is 18.7 Å². The molecule has 0 spiro atoms. The van der Waals surface area contributed by atoms with Crippen LogP contribution in [0.5, 0.6) is 0 Å². The molecule has 4 nitrogen and oxygen atoms in total. The minimum atomic E-state index is -1.22. The Morgan fingerprint density at radius 3 is 2.70 bits per heavy atom. The number of nitrogens with two attached hydrogens (primary N) is 1. The molecule has 0 saturated carbocycles. The number of hydrogen-bond donors (Lipinski definition) is 2. The highest BCUT2D eigenvalue weighted by Crippen LogP contribution is 1.93. The van der Waals surface area contributed by atoms with E-state index in [9.17, 15) is 9.90 Å². The first kappa shape index (κ1) is 9.23. The van der Waals surface area contributed by atoms with Crippen LogP contribution in [0.1, 0.15) is 19.8 Å². The van der Waals surface area contributed by atoms with Crippen LogP contribution in [0.15, 0.2) is 0 Å². The summed E-state index contributed by atoms with van der Waals surface area (Å²) < 4.78 is 0. The third-order valence-corrected chi connectivity index (χ3v) is 1.33. The van der Waals surface area contributed by atoms with Crippen molar-refractivity contribution >= 4 is 6.09 Å². The quantitative estimate of drug-likeness (QED) is 0.535. The highest BCUT2D eigenvalue weighted by atomic mass is 16.4. The lowest BCUT2D eigenvalue weighted by atomic mass is 10.1. The SMILES string of the molecule is CCC(CCN)NC(=O)[O-]. The fourth-order valence-electron chi connectivity index (χ4n) is 0.746. The van der Waals surface area contributed by atoms with Crippen LogP contribution >= 0.6 is 0 Å². The second-order valence-electron chi connectivity index (χ2n) is 2.11. The fraction of sp³-hybridized carbons (Fsp3) is 0.833. The van der Waals surface area contributed by atoms with E-state index in [1.165, 1.54) is 0 Å². The first-order valence-corrected chi connectivity index (χ1v) is 3.38. The van der Waals surface area contributed by atoms with Gasteiger partial charge in [0.25, 0.3) is 0 Å². The van der Waals surface area contributed by atoms with E-state index in [-0.39, 0.29) is 6.04 Å². The molecule has 3 N–H and O–H groups in total. The predicted molar refractivity (Wildman–Crippen MR) is 36.3 cm³/mol. The number of carbonyl (C=O) groups excluding carboxylic acids is 1. The average Bonchev–Trinajstić information content (AvgIpc) is 1.86. The largest absolute Gasteiger partial charge is 0.530 e. The van der Waals surface area contributed by atoms with Crippen molar-refractivity contribution in [1.82, 2.24) is 5.32 Å². The lowest BCUT2D eigenvalue weighted by Gasteiger charge is -2.16. The van der Waals surface area contributed by atoms with Gasteiger partial charge in [0.15, 0.2) is 0 Å². The second-order valence-corrected chi connectivity index (χ2v) is 2.11. The van der Waals surface area contributed by atoms with Crippen molar-refractivity contribution in [3.05, 3.63) is 0 Å². The van der Waals surface area contributed by atoms with E-state index in [4.69, 9.17) is 5.73 Å². The first-order chi connectivity index (χ1) is 4.70. The van der Waals surface area contributed by atoms with Gasteiger partial charge in [-0.05, 0) is 19.4 Å². The minimum Gasteiger partial charge on any atom is -0.530 e. The molecule has 0 saturated heterocycles. The van der Waals surface area contributed by atoms with Crippen molar-refractivity contribution in [2.75, 3.05) is 6.54 Å². The summed E-state index contributed by atoms with van der Waals surface area (Å²) in [5.74, 6) is 0. The molecule has 0 aliphatic rings. The molecule has 0 bridgehead atoms. The van der Waals surface area contributed by atoms with Gasteiger partial charge in [-0.1, -0.05) is 6.92 Å². The Morgan fingerprint density at radius 2 is 2.40 bits per heavy atom. The van der Waals surface area contributed by atoms with E-state index in [1.807, 2.05) is 6.92 Å². The van der Waals surface area contributed by atoms with Gasteiger partial charge in [0.1, 0.15) is 6.09 Å². The van der Waals surface area contributed by atoms with Gasteiger partial charge in [0.05, 0.1) is 0 Å². The standard InChI is InChI=1S/C6H14N2O2/c1-2-5(3-4-7)8-6(9)10/h5,8H,2-4,7H2,1H3,(H,9,10)/p-1. The van der Waals surface area contributed by atoms with Gasteiger partial charge in [-0.2, -0.15) is 0 Å². The van der Waals surface area contributed by atoms with E-state index in [2.05, 4.69) is 5.32 Å². The van der Waals surface area contributed by atoms with Gasteiger partial charge in [-0.3, -0.25) is 0 Å². The number of nitrogens with one attached hydrogen (secondary N) is 1. The molecule has 0 fully saturated rings. The van der Waals surface area contributed by atoms with Crippen molar-refractivity contribution in [3.8, 4) is 0 Å². The molecule has 0 radical (unpaired) electrons. The maximum Gasteiger partial charge on any atom is 0.134 e. The molecular formula is C6H13N2O2-. The summed E-state index contributed by atoms with van der Waals surface area (Å²) in [6, 6.07) is -0.0463. The van der Waals surface area contributed by atoms with Crippen LogP contribution in [0, 0.1) is 0 Å². The molecular weight excluding hydrogens is 132 g/mol. The molecule has 0 aromatic heterocycles. The summed E-state index contributed by atoms with van der Waals surface area (Å²) in [7, 11) is 0. The van der Waals surface area contributed by atoms with Crippen LogP contribution in [-0.2, 0) is 0 Å². The zero-order valence-electron chi connectivity index (χ0n) is 6.09. The van der Waals surface area contributed by atoms with Gasteiger partial charge in [0.2, 0.25) is 0 Å². The molecule has 1 amide bonds. The van der Waals surface area contributed by atoms with E-state index < -0.39 is 6.09 Å². The van der Waals surface area contributed by atoms with Crippen molar-refractivity contribution in [3.63, 3.8) is 0 Å². The van der Waals surface area contributed by atoms with Crippen LogP contribution < -0.4 is 16.2 Å². The maximum atomic E-state index is 9.98. The fourth-order valence-corrected chi connectivity index (χ4v) is 0.746. The summed E-state index contributed by atoms with van der Waals surface area (Å²) in [5, 5.41) is 12.2. The monoisotopic (exact) mass is 145 g/mol. The summed E-state index contributed by atoms with van der Waals surface area (Å²) in [5.41, 5.74) is 5.23. The number of carbonyl (C=O) groups is 1. The van der Waals surface area contributed by atoms with Crippen LogP contribution in [0.4, 0.5) is 4.79 Å². The maximum absolute atomic E-state index is 9.98. The minimum absolute atomic E-state index is 0.0463. The summed E-state index contributed by atoms with van der Waals surface area (Å²) in [6.07, 6.45) is 0.204. The Bertz CT molecular complexity index is 106. The summed E-state index contributed by atoms with van der Waals surface area (Å²) in [4.78, 5) is 9.98. The molecule has 0 aromatic rings. The number of amides is 1. The zero-order chi connectivity index (χ0) is 7.98. The highest BCUT2D eigenvalue weighted by molar-refractivity contribution is 5.62. The molecule has 0 aliphatic carbocycles. The van der Waals surface area contributed by atoms with Gasteiger partial charge >= 0.3 is 0 Å². The van der Waals surface area contributed by atoms with E-state index >= 15 is 0 Å². The molecule has 0 heterocycles. The van der Waals surface area contributed by atoms with E-state index in [1.54, 1.807) is 0 Å². The van der Waals surface area contributed by atoms with Gasteiger partial charge in [-0.25, -0.2) is 0 Å². The molecule has 60 valence electrons. The molecule has 1 unspecified atom stereocenters. The van der Waals surface area contributed by atoms with Gasteiger partial charge in [-0.15, -0.1) is 0 Å². The second kappa shape index (κ2) is 5.05. The Hall–Kier alpha value is -0.770. The lowest BCUT2D eigenvalue weighted by Crippen LogP contribution is -2.43. The van der Waals surface area contributed by atoms with Crippen molar-refractivity contribution in [2.45, 2.75) is 25.8 Å². The third kappa shape index (κ3) is 4.14. The molecule has 0 aliphatic heterocycles. The topological polar surface area (TPSA) is 78.2 Å². The number of hydrogen-bond acceptors (Lipinski definition) is 3. The van der Waals surface area contributed by atoms with Crippen LogP contribution in [0.25, 0.3) is 0 Å². The Kier molecular flexibility index (Phi) is 4.66. The number of rotatable bonds is 4. The van der Waals surface area contributed by atoms with Crippen LogP contribution in [0.3, 0.4) is 0 Å². The Balaban J connectivity index is 3.49. The molecule has 0 aromatic carbocycles. The van der Waals surface area contributed by atoms with E-state index in [0.717, 1.165) is 6.42 Å². The smallest absolute Gasteiger partial charge is 0.134 e. The van der Waals surface area contributed by atoms with Crippen LogP contribution in [0.2, 0.25) is 0 Å². The van der Waals surface area contributed by atoms with Gasteiger partial charge < -0.3 is 21.0 Å². The molecule has 1 atom stereocenters. The van der Waals surface area contributed by atoms with E-state index in [0.29, 0.717) is 13.0 Å². The normalized spacial score (nSPS) is 12.6. The zero-order valence-corrected chi connectivity index (χ0v) is 6.09. The highest BCUT2D eigenvalue weighted by Gasteiger charge is 2.01. The average molecular weight is 145 g/mol. The first-order valence-electron chi connectivity index (χ1n) is 3.38. The summed E-state index contributed by atoms with van der Waals surface area (Å²) >= 11 is 0. The van der Waals surface area contributed by atoms with Crippen molar-refractivity contribution < 1.29 is 9.90 Å². The predicted octanol–water partition coefficient (Wildman–Crippen LogP) is -0.953. The third-order valence-electron chi connectivity index (χ3n) is 1.33. The Morgan fingerprint density at radius 1 is 1.80 bits per heavy atom. The molecule has 0 rings (SSSR count). The van der Waals surface area contributed by atoms with Crippen molar-refractivity contribution in [1.29, 1.82) is 0 Å². The lowest BCUT2D eigenvalue weighted by molar-refractivity contribution is -0.251. The van der Waals surface area contributed by atoms with Crippen molar-refractivity contribution in [2.24, 2.45) is 5.73 Å². The number of carboxylic acid groups (broad SMARTS) is 1. The Labute approximate surface area is 60.4 Å². The summed E-state index contributed by atoms with van der Waals surface area (Å²) in [6.45, 7) is 2.40. The van der Waals surface area contributed by atoms with Gasteiger partial charge in [0, 0.05) is 6.04 Å². The molecule has 4 heteroatoms.